The molecule has 108 valence electrons. The summed E-state index contributed by atoms with van der Waals surface area (Å²) in [5, 5.41) is 3.59. The van der Waals surface area contributed by atoms with Crippen LogP contribution in [0.15, 0.2) is 29.4 Å². The molecule has 0 bridgehead atoms. The van der Waals surface area contributed by atoms with Crippen LogP contribution >= 0.6 is 23.2 Å². The van der Waals surface area contributed by atoms with Gasteiger partial charge in [-0.2, -0.15) is 13.5 Å². The van der Waals surface area contributed by atoms with Crippen molar-refractivity contribution in [1.82, 2.24) is 9.78 Å². The minimum atomic E-state index is -3.91. The number of hydrogen-bond acceptors (Lipinski definition) is 3. The summed E-state index contributed by atoms with van der Waals surface area (Å²) in [6.07, 6.45) is 1.37. The summed E-state index contributed by atoms with van der Waals surface area (Å²) < 4.78 is 41.1. The van der Waals surface area contributed by atoms with Crippen LogP contribution in [0.25, 0.3) is 0 Å². The lowest BCUT2D eigenvalue weighted by Crippen LogP contribution is -2.18. The van der Waals surface area contributed by atoms with Crippen LogP contribution in [0, 0.1) is 5.82 Å². The minimum absolute atomic E-state index is 0.0311. The topological polar surface area (TPSA) is 64.0 Å². The number of sulfonamides is 1. The van der Waals surface area contributed by atoms with Crippen molar-refractivity contribution in [3.63, 3.8) is 0 Å². The number of anilines is 1. The van der Waals surface area contributed by atoms with E-state index in [1.54, 1.807) is 6.92 Å². The third-order valence-electron chi connectivity index (χ3n) is 2.50. The van der Waals surface area contributed by atoms with Crippen molar-refractivity contribution in [3.05, 3.63) is 40.3 Å². The van der Waals surface area contributed by atoms with E-state index in [2.05, 4.69) is 9.82 Å². The lowest BCUT2D eigenvalue weighted by atomic mass is 10.3. The number of nitrogens with zero attached hydrogens (tertiary/aromatic N) is 2. The molecule has 2 aromatic rings. The molecule has 20 heavy (non-hydrogen) atoms. The highest BCUT2D eigenvalue weighted by Gasteiger charge is 2.22. The van der Waals surface area contributed by atoms with Gasteiger partial charge in [-0.25, -0.2) is 4.39 Å². The Morgan fingerprint density at radius 2 is 1.95 bits per heavy atom. The Bertz CT molecular complexity index is 723. The molecule has 0 radical (unpaired) electrons. The Morgan fingerprint density at radius 3 is 2.50 bits per heavy atom. The van der Waals surface area contributed by atoms with Crippen LogP contribution in [0.5, 0.6) is 0 Å². The fourth-order valence-corrected chi connectivity index (χ4v) is 3.57. The first-order valence-electron chi connectivity index (χ1n) is 5.54. The average Bonchev–Trinajstić information content (AvgIpc) is 2.83. The smallest absolute Gasteiger partial charge is 0.275 e. The zero-order valence-electron chi connectivity index (χ0n) is 10.3. The molecule has 0 atom stereocenters. The van der Waals surface area contributed by atoms with Crippen LogP contribution in [0.4, 0.5) is 10.1 Å². The van der Waals surface area contributed by atoms with E-state index in [0.717, 1.165) is 12.1 Å². The predicted molar refractivity (Wildman–Crippen MR) is 75.1 cm³/mol. The minimum Gasteiger partial charge on any atom is -0.275 e. The number of halogens is 3. The van der Waals surface area contributed by atoms with Gasteiger partial charge >= 0.3 is 0 Å². The second-order valence-corrected chi connectivity index (χ2v) is 6.28. The average molecular weight is 338 g/mol. The monoisotopic (exact) mass is 337 g/mol. The third kappa shape index (κ3) is 2.89. The van der Waals surface area contributed by atoms with Crippen molar-refractivity contribution >= 4 is 38.9 Å². The van der Waals surface area contributed by atoms with Crippen molar-refractivity contribution in [3.8, 4) is 0 Å². The molecule has 0 unspecified atom stereocenters. The third-order valence-corrected chi connectivity index (χ3v) is 4.46. The molecule has 0 saturated carbocycles. The molecule has 0 spiro atoms. The van der Waals surface area contributed by atoms with Crippen molar-refractivity contribution in [2.24, 2.45) is 0 Å². The van der Waals surface area contributed by atoms with Gasteiger partial charge in [0.2, 0.25) is 0 Å². The Morgan fingerprint density at radius 1 is 1.35 bits per heavy atom. The largest absolute Gasteiger partial charge is 0.279 e. The Labute approximate surface area is 125 Å². The summed E-state index contributed by atoms with van der Waals surface area (Å²) in [6, 6.07) is 3.29. The lowest BCUT2D eigenvalue weighted by molar-refractivity contribution is 0.558. The standard InChI is InChI=1S/C11H10Cl2FN3O2S/c1-2-17-10(3-4-15-17)20(18,19)16-11-8(12)5-7(14)6-9(11)13/h3-6,16H,2H2,1H3. The summed E-state index contributed by atoms with van der Waals surface area (Å²) in [5.74, 6) is -0.651. The summed E-state index contributed by atoms with van der Waals surface area (Å²) in [5.41, 5.74) is -0.0708. The maximum atomic E-state index is 13.1. The highest BCUT2D eigenvalue weighted by Crippen LogP contribution is 2.33. The first-order chi connectivity index (χ1) is 9.35. The summed E-state index contributed by atoms with van der Waals surface area (Å²) in [4.78, 5) is 0. The number of nitrogens with one attached hydrogen (secondary N) is 1. The Hall–Kier alpha value is -1.31. The van der Waals surface area contributed by atoms with Gasteiger partial charge in [-0.15, -0.1) is 0 Å². The van der Waals surface area contributed by atoms with E-state index in [0.29, 0.717) is 6.54 Å². The number of hydrogen-bond donors (Lipinski definition) is 1. The maximum Gasteiger partial charge on any atom is 0.279 e. The van der Waals surface area contributed by atoms with Crippen molar-refractivity contribution in [2.75, 3.05) is 4.72 Å². The Balaban J connectivity index is 2.44. The SMILES string of the molecule is CCn1nccc1S(=O)(=O)Nc1c(Cl)cc(F)cc1Cl. The van der Waals surface area contributed by atoms with Gasteiger partial charge in [-0.1, -0.05) is 23.2 Å². The van der Waals surface area contributed by atoms with Crippen LogP contribution < -0.4 is 4.72 Å². The number of rotatable bonds is 4. The molecule has 1 aromatic heterocycles. The van der Waals surface area contributed by atoms with E-state index >= 15 is 0 Å². The fourth-order valence-electron chi connectivity index (χ4n) is 1.61. The molecule has 9 heteroatoms. The number of aryl methyl sites for hydroxylation is 1. The summed E-state index contributed by atoms with van der Waals surface area (Å²) in [6.45, 7) is 2.14. The van der Waals surface area contributed by atoms with Gasteiger partial charge in [0.1, 0.15) is 5.82 Å². The molecule has 2 rings (SSSR count). The Kier molecular flexibility index (Phi) is 4.22. The van der Waals surface area contributed by atoms with Gasteiger partial charge in [0, 0.05) is 6.54 Å². The van der Waals surface area contributed by atoms with Gasteiger partial charge in [-0.3, -0.25) is 9.40 Å². The van der Waals surface area contributed by atoms with Crippen LogP contribution in [0.2, 0.25) is 10.0 Å². The van der Waals surface area contributed by atoms with Gasteiger partial charge in [0.15, 0.2) is 5.03 Å². The summed E-state index contributed by atoms with van der Waals surface area (Å²) in [7, 11) is -3.91. The quantitative estimate of drug-likeness (QED) is 0.931. The zero-order valence-corrected chi connectivity index (χ0v) is 12.6. The van der Waals surface area contributed by atoms with E-state index in [-0.39, 0.29) is 20.8 Å². The fraction of sp³-hybridized carbons (Fsp3) is 0.182. The summed E-state index contributed by atoms with van der Waals surface area (Å²) >= 11 is 11.6. The molecule has 1 heterocycles. The molecule has 0 saturated heterocycles. The molecular formula is C11H10Cl2FN3O2S. The van der Waals surface area contributed by atoms with Gasteiger partial charge < -0.3 is 0 Å². The van der Waals surface area contributed by atoms with E-state index in [4.69, 9.17) is 23.2 Å². The van der Waals surface area contributed by atoms with Crippen LogP contribution in [-0.4, -0.2) is 18.2 Å². The van der Waals surface area contributed by atoms with Crippen molar-refractivity contribution in [2.45, 2.75) is 18.5 Å². The highest BCUT2D eigenvalue weighted by molar-refractivity contribution is 7.92. The van der Waals surface area contributed by atoms with E-state index in [1.165, 1.54) is 16.9 Å². The van der Waals surface area contributed by atoms with Crippen molar-refractivity contribution < 1.29 is 12.8 Å². The molecular weight excluding hydrogens is 328 g/mol. The van der Waals surface area contributed by atoms with Gasteiger partial charge in [0.25, 0.3) is 10.0 Å². The van der Waals surface area contributed by atoms with Crippen LogP contribution in [0.1, 0.15) is 6.92 Å². The molecule has 5 nitrogen and oxygen atoms in total. The van der Waals surface area contributed by atoms with E-state index in [1.807, 2.05) is 0 Å². The first-order valence-corrected chi connectivity index (χ1v) is 7.78. The van der Waals surface area contributed by atoms with Crippen LogP contribution in [-0.2, 0) is 16.6 Å². The molecule has 0 aliphatic rings. The van der Waals surface area contributed by atoms with Crippen LogP contribution in [0.3, 0.4) is 0 Å². The molecule has 0 aliphatic heterocycles. The van der Waals surface area contributed by atoms with E-state index in [9.17, 15) is 12.8 Å². The van der Waals surface area contributed by atoms with Gasteiger partial charge in [-0.05, 0) is 25.1 Å². The molecule has 0 amide bonds. The second-order valence-electron chi connectivity index (χ2n) is 3.84. The molecule has 1 aromatic carbocycles. The molecule has 0 aliphatic carbocycles. The first kappa shape index (κ1) is 15.1. The molecule has 0 fully saturated rings. The number of benzene rings is 1. The molecule has 1 N–H and O–H groups in total. The lowest BCUT2D eigenvalue weighted by Gasteiger charge is -2.12. The maximum absolute atomic E-state index is 13.1. The highest BCUT2D eigenvalue weighted by atomic mass is 35.5. The van der Waals surface area contributed by atoms with E-state index < -0.39 is 15.8 Å². The number of aromatic nitrogens is 2. The van der Waals surface area contributed by atoms with Crippen molar-refractivity contribution in [1.29, 1.82) is 0 Å². The normalized spacial score (nSPS) is 11.6. The second kappa shape index (κ2) is 5.59. The zero-order chi connectivity index (χ0) is 14.9. The van der Waals surface area contributed by atoms with Gasteiger partial charge in [0.05, 0.1) is 21.9 Å². The predicted octanol–water partition coefficient (Wildman–Crippen LogP) is 3.15.